The normalized spacial score (nSPS) is 12.8. The molecule has 0 saturated carbocycles. The van der Waals surface area contributed by atoms with Crippen molar-refractivity contribution >= 4 is 17.8 Å². The number of carbonyl (C=O) groups is 3. The molecule has 0 saturated heterocycles. The maximum Gasteiger partial charge on any atom is 0.338 e. The molecule has 3 aromatic heterocycles. The second kappa shape index (κ2) is 7.91. The molecule has 0 radical (unpaired) electrons. The first-order valence-electron chi connectivity index (χ1n) is 9.53. The third-order valence-electron chi connectivity index (χ3n) is 4.82. The molecule has 1 aromatic carbocycles. The molecular weight excluding hydrogens is 416 g/mol. The van der Waals surface area contributed by atoms with Crippen LogP contribution in [0.5, 0.6) is 0 Å². The minimum absolute atomic E-state index is 0.00948. The van der Waals surface area contributed by atoms with Gasteiger partial charge in [0.25, 0.3) is 17.7 Å². The van der Waals surface area contributed by atoms with E-state index in [1.165, 1.54) is 24.5 Å². The number of imide groups is 1. The highest BCUT2D eigenvalue weighted by Gasteiger charge is 2.36. The Kier molecular flexibility index (Phi) is 4.79. The average molecular weight is 430 g/mol. The number of hydrogen-bond acceptors (Lipinski definition) is 9. The van der Waals surface area contributed by atoms with Gasteiger partial charge in [-0.1, -0.05) is 5.16 Å². The summed E-state index contributed by atoms with van der Waals surface area (Å²) in [6, 6.07) is 11.1. The van der Waals surface area contributed by atoms with Gasteiger partial charge in [0.1, 0.15) is 5.76 Å². The molecule has 0 unspecified atom stereocenters. The molecule has 0 bridgehead atoms. The first kappa shape index (κ1) is 19.4. The molecular formula is C22H14N4O6. The summed E-state index contributed by atoms with van der Waals surface area (Å²) in [5.74, 6) is -0.746. The Morgan fingerprint density at radius 3 is 2.72 bits per heavy atom. The van der Waals surface area contributed by atoms with Gasteiger partial charge in [0, 0.05) is 18.0 Å². The first-order chi connectivity index (χ1) is 15.6. The number of amides is 2. The van der Waals surface area contributed by atoms with Gasteiger partial charge in [-0.3, -0.25) is 19.5 Å². The molecule has 4 aromatic rings. The molecule has 1 aliphatic heterocycles. The minimum atomic E-state index is -0.696. The summed E-state index contributed by atoms with van der Waals surface area (Å²) in [5, 5.41) is 3.83. The summed E-state index contributed by atoms with van der Waals surface area (Å²) in [6.45, 7) is -0.240. The summed E-state index contributed by atoms with van der Waals surface area (Å²) in [6.07, 6.45) is 4.67. The Hall–Kier alpha value is -4.60. The first-order valence-corrected chi connectivity index (χ1v) is 9.53. The predicted molar refractivity (Wildman–Crippen MR) is 106 cm³/mol. The summed E-state index contributed by atoms with van der Waals surface area (Å²) >= 11 is 0. The number of esters is 1. The number of pyridine rings is 1. The topological polar surface area (TPSA) is 129 Å². The minimum Gasteiger partial charge on any atom is -0.467 e. The Morgan fingerprint density at radius 2 is 1.94 bits per heavy atom. The standard InChI is InChI=1S/C22H14N4O6/c27-20-16-6-5-13(9-17(16)21(28)26(20)11-15-4-2-8-30-15)22(29)31-12-18-24-19(25-32-18)14-3-1-7-23-10-14/h1-10H,11-12H2. The number of rotatable bonds is 6. The monoisotopic (exact) mass is 430 g/mol. The molecule has 158 valence electrons. The molecule has 5 rings (SSSR count). The fourth-order valence-electron chi connectivity index (χ4n) is 3.26. The SMILES string of the molecule is O=C(OCc1nc(-c2cccnc2)no1)c1ccc2c(c1)C(=O)N(Cc1ccco1)C2=O. The van der Waals surface area contributed by atoms with Crippen LogP contribution in [0.4, 0.5) is 0 Å². The lowest BCUT2D eigenvalue weighted by Gasteiger charge is -2.11. The lowest BCUT2D eigenvalue weighted by atomic mass is 10.1. The van der Waals surface area contributed by atoms with Crippen LogP contribution in [0.1, 0.15) is 42.7 Å². The van der Waals surface area contributed by atoms with Gasteiger partial charge in [-0.05, 0) is 42.5 Å². The van der Waals surface area contributed by atoms with E-state index in [9.17, 15) is 14.4 Å². The van der Waals surface area contributed by atoms with Crippen molar-refractivity contribution in [2.75, 3.05) is 0 Å². The number of furan rings is 1. The van der Waals surface area contributed by atoms with Gasteiger partial charge in [0.2, 0.25) is 5.82 Å². The van der Waals surface area contributed by atoms with Crippen molar-refractivity contribution in [3.63, 3.8) is 0 Å². The highest BCUT2D eigenvalue weighted by molar-refractivity contribution is 6.21. The molecule has 4 heterocycles. The zero-order valence-corrected chi connectivity index (χ0v) is 16.4. The fraction of sp³-hybridized carbons (Fsp3) is 0.0909. The molecule has 0 aliphatic carbocycles. The Bertz CT molecular complexity index is 1310. The molecule has 0 N–H and O–H groups in total. The van der Waals surface area contributed by atoms with Gasteiger partial charge in [-0.25, -0.2) is 4.79 Å². The second-order valence-corrected chi connectivity index (χ2v) is 6.87. The summed E-state index contributed by atoms with van der Waals surface area (Å²) in [7, 11) is 0. The number of nitrogens with zero attached hydrogens (tertiary/aromatic N) is 4. The lowest BCUT2D eigenvalue weighted by molar-refractivity contribution is 0.0429. The quantitative estimate of drug-likeness (QED) is 0.335. The van der Waals surface area contributed by atoms with Gasteiger partial charge >= 0.3 is 5.97 Å². The van der Waals surface area contributed by atoms with Gasteiger partial charge in [-0.2, -0.15) is 4.98 Å². The summed E-state index contributed by atoms with van der Waals surface area (Å²) in [4.78, 5) is 46.9. The van der Waals surface area contributed by atoms with E-state index < -0.39 is 17.8 Å². The van der Waals surface area contributed by atoms with Crippen molar-refractivity contribution in [2.24, 2.45) is 0 Å². The maximum atomic E-state index is 12.7. The van der Waals surface area contributed by atoms with Crippen LogP contribution in [0.15, 0.2) is 70.1 Å². The molecule has 10 heteroatoms. The third-order valence-corrected chi connectivity index (χ3v) is 4.82. The lowest BCUT2D eigenvalue weighted by Crippen LogP contribution is -2.28. The number of hydrogen-bond donors (Lipinski definition) is 0. The van der Waals surface area contributed by atoms with Crippen LogP contribution in [-0.4, -0.2) is 37.8 Å². The number of carbonyl (C=O) groups excluding carboxylic acids is 3. The Balaban J connectivity index is 1.27. The van der Waals surface area contributed by atoms with Gasteiger partial charge in [0.05, 0.1) is 29.5 Å². The fourth-order valence-corrected chi connectivity index (χ4v) is 3.26. The van der Waals surface area contributed by atoms with Gasteiger partial charge in [-0.15, -0.1) is 0 Å². The van der Waals surface area contributed by atoms with Crippen molar-refractivity contribution < 1.29 is 28.1 Å². The van der Waals surface area contributed by atoms with Crippen molar-refractivity contribution in [1.29, 1.82) is 0 Å². The Morgan fingerprint density at radius 1 is 1.06 bits per heavy atom. The summed E-state index contributed by atoms with van der Waals surface area (Å²) < 4.78 is 15.5. The van der Waals surface area contributed by atoms with Crippen LogP contribution in [0.25, 0.3) is 11.4 Å². The van der Waals surface area contributed by atoms with Gasteiger partial charge < -0.3 is 13.7 Å². The van der Waals surface area contributed by atoms with Crippen LogP contribution >= 0.6 is 0 Å². The van der Waals surface area contributed by atoms with Crippen LogP contribution in [-0.2, 0) is 17.9 Å². The van der Waals surface area contributed by atoms with E-state index in [0.29, 0.717) is 17.1 Å². The van der Waals surface area contributed by atoms with E-state index in [-0.39, 0.29) is 35.7 Å². The molecule has 2 amide bonds. The summed E-state index contributed by atoms with van der Waals surface area (Å²) in [5.41, 5.74) is 1.13. The largest absolute Gasteiger partial charge is 0.467 e. The zero-order valence-electron chi connectivity index (χ0n) is 16.4. The van der Waals surface area contributed by atoms with Crippen LogP contribution < -0.4 is 0 Å². The second-order valence-electron chi connectivity index (χ2n) is 6.87. The average Bonchev–Trinajstić information content (AvgIpc) is 3.56. The van der Waals surface area contributed by atoms with E-state index in [4.69, 9.17) is 13.7 Å². The van der Waals surface area contributed by atoms with Crippen molar-refractivity contribution in [3.8, 4) is 11.4 Å². The molecule has 32 heavy (non-hydrogen) atoms. The number of aromatic nitrogens is 3. The van der Waals surface area contributed by atoms with Crippen molar-refractivity contribution in [2.45, 2.75) is 13.2 Å². The molecule has 0 fully saturated rings. The van der Waals surface area contributed by atoms with E-state index in [1.54, 1.807) is 36.7 Å². The maximum absolute atomic E-state index is 12.7. The highest BCUT2D eigenvalue weighted by Crippen LogP contribution is 2.26. The highest BCUT2D eigenvalue weighted by atomic mass is 16.6. The van der Waals surface area contributed by atoms with Gasteiger partial charge in [0.15, 0.2) is 6.61 Å². The number of fused-ring (bicyclic) bond motifs is 1. The third kappa shape index (κ3) is 3.54. The number of benzene rings is 1. The zero-order chi connectivity index (χ0) is 22.1. The molecule has 10 nitrogen and oxygen atoms in total. The predicted octanol–water partition coefficient (Wildman–Crippen LogP) is 2.88. The van der Waals surface area contributed by atoms with Crippen LogP contribution in [0.2, 0.25) is 0 Å². The molecule has 1 aliphatic rings. The van der Waals surface area contributed by atoms with E-state index in [1.807, 2.05) is 0 Å². The molecule has 0 spiro atoms. The van der Waals surface area contributed by atoms with E-state index in [0.717, 1.165) is 4.90 Å². The smallest absolute Gasteiger partial charge is 0.338 e. The van der Waals surface area contributed by atoms with Crippen molar-refractivity contribution in [1.82, 2.24) is 20.0 Å². The van der Waals surface area contributed by atoms with E-state index >= 15 is 0 Å². The number of ether oxygens (including phenoxy) is 1. The van der Waals surface area contributed by atoms with Crippen LogP contribution in [0, 0.1) is 0 Å². The van der Waals surface area contributed by atoms with Crippen molar-refractivity contribution in [3.05, 3.63) is 89.5 Å². The van der Waals surface area contributed by atoms with E-state index in [2.05, 4.69) is 15.1 Å². The molecule has 0 atom stereocenters. The Labute approximate surface area is 180 Å². The van der Waals surface area contributed by atoms with Crippen LogP contribution in [0.3, 0.4) is 0 Å².